The Labute approximate surface area is 114 Å². The first kappa shape index (κ1) is 21.1. The summed E-state index contributed by atoms with van der Waals surface area (Å²) in [6.45, 7) is -5.00. The molecular weight excluding hydrogens is 354 g/mol. The van der Waals surface area contributed by atoms with Gasteiger partial charge in [0.25, 0.3) is 0 Å². The molecule has 0 unspecified atom stereocenters. The van der Waals surface area contributed by atoms with Crippen LogP contribution in [0.3, 0.4) is 0 Å². The van der Waals surface area contributed by atoms with Crippen LogP contribution in [0.2, 0.25) is 0 Å². The van der Waals surface area contributed by atoms with Crippen molar-refractivity contribution in [3.8, 4) is 0 Å². The van der Waals surface area contributed by atoms with Crippen LogP contribution in [-0.2, 0) is 14.2 Å². The molecular formula is C7H6F10O5. The minimum absolute atomic E-state index is 1.95. The van der Waals surface area contributed by atoms with Gasteiger partial charge in [0.15, 0.2) is 0 Å². The summed E-state index contributed by atoms with van der Waals surface area (Å²) in [5, 5.41) is 15.7. The Morgan fingerprint density at radius 1 is 0.545 bits per heavy atom. The Kier molecular flexibility index (Phi) is 6.05. The zero-order valence-corrected chi connectivity index (χ0v) is 9.81. The number of aliphatic hydroxyl groups is 2. The molecule has 15 heteroatoms. The number of aliphatic hydroxyl groups excluding tert-OH is 2. The van der Waals surface area contributed by atoms with Crippen molar-refractivity contribution in [3.05, 3.63) is 0 Å². The Balaban J connectivity index is 5.14. The molecule has 0 rings (SSSR count). The molecule has 0 amide bonds. The van der Waals surface area contributed by atoms with Crippen LogP contribution < -0.4 is 0 Å². The second-order valence-electron chi connectivity index (χ2n) is 3.39. The zero-order valence-electron chi connectivity index (χ0n) is 9.81. The Hall–Kier alpha value is -0.900. The Morgan fingerprint density at radius 3 is 1.23 bits per heavy atom. The highest BCUT2D eigenvalue weighted by Gasteiger charge is 2.68. The van der Waals surface area contributed by atoms with Gasteiger partial charge in [0.1, 0.15) is 13.2 Å². The lowest BCUT2D eigenvalue weighted by molar-refractivity contribution is -0.566. The summed E-state index contributed by atoms with van der Waals surface area (Å²) in [7, 11) is 0. The third-order valence-electron chi connectivity index (χ3n) is 1.50. The molecule has 0 aliphatic heterocycles. The summed E-state index contributed by atoms with van der Waals surface area (Å²) >= 11 is 0. The lowest BCUT2D eigenvalue weighted by Crippen LogP contribution is -2.53. The standard InChI is InChI=1S/C7H6F10O5/c8-3(9,1-18)20-5(12,13)6(14,15)22-7(16,17)21-4(10,11)2-19/h18-19H,1-2H2. The molecule has 134 valence electrons. The van der Waals surface area contributed by atoms with Gasteiger partial charge in [-0.15, -0.1) is 8.78 Å². The first-order valence-corrected chi connectivity index (χ1v) is 4.70. The van der Waals surface area contributed by atoms with Crippen LogP contribution in [0.15, 0.2) is 0 Å². The quantitative estimate of drug-likeness (QED) is 0.486. The number of halogens is 10. The second kappa shape index (κ2) is 6.31. The summed E-state index contributed by atoms with van der Waals surface area (Å²) in [5.41, 5.74) is 0. The fourth-order valence-corrected chi connectivity index (χ4v) is 0.715. The SMILES string of the molecule is OCC(F)(F)OC(F)(F)OC(F)(F)C(F)(F)OC(F)(F)CO. The minimum Gasteiger partial charge on any atom is -0.387 e. The zero-order chi connectivity index (χ0) is 18.0. The van der Waals surface area contributed by atoms with E-state index in [9.17, 15) is 43.9 Å². The van der Waals surface area contributed by atoms with Gasteiger partial charge >= 0.3 is 30.7 Å². The normalized spacial score (nSPS) is 15.3. The third-order valence-corrected chi connectivity index (χ3v) is 1.50. The molecule has 2 N–H and O–H groups in total. The van der Waals surface area contributed by atoms with Gasteiger partial charge in [-0.2, -0.15) is 35.1 Å². The van der Waals surface area contributed by atoms with E-state index >= 15 is 0 Å². The van der Waals surface area contributed by atoms with Gasteiger partial charge in [-0.3, -0.25) is 0 Å². The Bertz CT molecular complexity index is 373. The van der Waals surface area contributed by atoms with Gasteiger partial charge in [0, 0.05) is 0 Å². The van der Waals surface area contributed by atoms with Crippen LogP contribution in [0.5, 0.6) is 0 Å². The van der Waals surface area contributed by atoms with Crippen molar-refractivity contribution >= 4 is 0 Å². The van der Waals surface area contributed by atoms with E-state index in [0.717, 1.165) is 0 Å². The van der Waals surface area contributed by atoms with Crippen molar-refractivity contribution in [1.82, 2.24) is 0 Å². The maximum absolute atomic E-state index is 12.7. The molecule has 0 atom stereocenters. The predicted octanol–water partition coefficient (Wildman–Crippen LogP) is 1.94. The van der Waals surface area contributed by atoms with E-state index in [2.05, 4.69) is 9.47 Å². The van der Waals surface area contributed by atoms with Crippen molar-refractivity contribution in [2.45, 2.75) is 30.7 Å². The fraction of sp³-hybridized carbons (Fsp3) is 1.00. The van der Waals surface area contributed by atoms with E-state index in [-0.39, 0.29) is 0 Å². The maximum atomic E-state index is 12.7. The van der Waals surface area contributed by atoms with Gasteiger partial charge in [0.05, 0.1) is 0 Å². The second-order valence-corrected chi connectivity index (χ2v) is 3.39. The van der Waals surface area contributed by atoms with Crippen LogP contribution in [0.4, 0.5) is 43.9 Å². The average molecular weight is 360 g/mol. The summed E-state index contributed by atoms with van der Waals surface area (Å²) in [6.07, 6.45) is -29.6. The van der Waals surface area contributed by atoms with Crippen molar-refractivity contribution < 1.29 is 68.3 Å². The molecule has 0 aromatic rings. The highest BCUT2D eigenvalue weighted by Crippen LogP contribution is 2.44. The van der Waals surface area contributed by atoms with Gasteiger partial charge in [-0.1, -0.05) is 0 Å². The number of rotatable bonds is 9. The van der Waals surface area contributed by atoms with Gasteiger partial charge in [-0.05, 0) is 0 Å². The predicted molar refractivity (Wildman–Crippen MR) is 42.2 cm³/mol. The van der Waals surface area contributed by atoms with E-state index in [1.165, 1.54) is 0 Å². The van der Waals surface area contributed by atoms with E-state index in [1.807, 2.05) is 4.74 Å². The molecule has 0 saturated carbocycles. The van der Waals surface area contributed by atoms with Crippen molar-refractivity contribution in [2.75, 3.05) is 13.2 Å². The smallest absolute Gasteiger partial charge is 0.387 e. The van der Waals surface area contributed by atoms with Crippen molar-refractivity contribution in [2.24, 2.45) is 0 Å². The van der Waals surface area contributed by atoms with Gasteiger partial charge < -0.3 is 10.2 Å². The topological polar surface area (TPSA) is 68.2 Å². The van der Waals surface area contributed by atoms with Crippen molar-refractivity contribution in [1.29, 1.82) is 0 Å². The van der Waals surface area contributed by atoms with E-state index < -0.39 is 43.9 Å². The highest BCUT2D eigenvalue weighted by atomic mass is 19.3. The molecule has 0 radical (unpaired) electrons. The van der Waals surface area contributed by atoms with Crippen LogP contribution >= 0.6 is 0 Å². The molecule has 0 fully saturated rings. The largest absolute Gasteiger partial charge is 0.495 e. The maximum Gasteiger partial charge on any atom is 0.495 e. The average Bonchev–Trinajstić information content (AvgIpc) is 2.24. The lowest BCUT2D eigenvalue weighted by Gasteiger charge is -2.31. The molecule has 22 heavy (non-hydrogen) atoms. The van der Waals surface area contributed by atoms with Crippen LogP contribution in [0, 0.1) is 0 Å². The molecule has 5 nitrogen and oxygen atoms in total. The summed E-state index contributed by atoms with van der Waals surface area (Å²) < 4.78 is 131. The molecule has 0 aliphatic rings. The monoisotopic (exact) mass is 360 g/mol. The number of ether oxygens (including phenoxy) is 3. The number of alkyl halides is 10. The van der Waals surface area contributed by atoms with Gasteiger partial charge in [-0.25, -0.2) is 14.2 Å². The molecule has 0 heterocycles. The van der Waals surface area contributed by atoms with Crippen LogP contribution in [0.1, 0.15) is 0 Å². The summed E-state index contributed by atoms with van der Waals surface area (Å²) in [4.78, 5) is 0. The molecule has 0 aromatic heterocycles. The molecule has 0 aromatic carbocycles. The lowest BCUT2D eigenvalue weighted by atomic mass is 10.5. The summed E-state index contributed by atoms with van der Waals surface area (Å²) in [6, 6.07) is 0. The molecule has 0 aliphatic carbocycles. The molecule has 0 spiro atoms. The first-order chi connectivity index (χ1) is 9.49. The summed E-state index contributed by atoms with van der Waals surface area (Å²) in [5.74, 6) is 0. The number of hydrogen-bond acceptors (Lipinski definition) is 5. The minimum atomic E-state index is -6.58. The van der Waals surface area contributed by atoms with E-state index in [1.54, 1.807) is 0 Å². The number of hydrogen-bond donors (Lipinski definition) is 2. The molecule has 0 saturated heterocycles. The Morgan fingerprint density at radius 2 is 0.864 bits per heavy atom. The fourth-order valence-electron chi connectivity index (χ4n) is 0.715. The van der Waals surface area contributed by atoms with Gasteiger partial charge in [0.2, 0.25) is 0 Å². The molecule has 0 bridgehead atoms. The van der Waals surface area contributed by atoms with Crippen LogP contribution in [-0.4, -0.2) is 54.2 Å². The third kappa shape index (κ3) is 6.07. The van der Waals surface area contributed by atoms with E-state index in [0.29, 0.717) is 0 Å². The van der Waals surface area contributed by atoms with Crippen molar-refractivity contribution in [3.63, 3.8) is 0 Å². The van der Waals surface area contributed by atoms with E-state index in [4.69, 9.17) is 10.2 Å². The highest BCUT2D eigenvalue weighted by molar-refractivity contribution is 4.70. The first-order valence-electron chi connectivity index (χ1n) is 4.70. The van der Waals surface area contributed by atoms with Crippen LogP contribution in [0.25, 0.3) is 0 Å².